The van der Waals surface area contributed by atoms with E-state index in [9.17, 15) is 9.59 Å². The molecule has 1 atom stereocenters. The molecule has 0 aromatic heterocycles. The highest BCUT2D eigenvalue weighted by molar-refractivity contribution is 9.10. The normalized spacial score (nSPS) is 12.2. The van der Waals surface area contributed by atoms with Gasteiger partial charge in [0.05, 0.1) is 4.47 Å². The number of ether oxygens (including phenoxy) is 1. The standard InChI is InChI=1S/C25H31BrCl2N2O3/c1-6-16-8-11-22(19(26)12-16)33-15-23(31)30(14-17-9-10-18(27)13-20(17)28)21(7-2)24(32)29-25(3,4)5/h8-13,21H,6-7,14-15H2,1-5H3,(H,29,32)/t21-/m1/s1. The molecule has 0 aliphatic carbocycles. The quantitative estimate of drug-likeness (QED) is 0.387. The molecule has 0 saturated heterocycles. The molecule has 0 aliphatic heterocycles. The van der Waals surface area contributed by atoms with E-state index >= 15 is 0 Å². The van der Waals surface area contributed by atoms with Gasteiger partial charge >= 0.3 is 0 Å². The van der Waals surface area contributed by atoms with Gasteiger partial charge in [-0.2, -0.15) is 0 Å². The maximum Gasteiger partial charge on any atom is 0.261 e. The Morgan fingerprint density at radius 1 is 1.12 bits per heavy atom. The monoisotopic (exact) mass is 556 g/mol. The van der Waals surface area contributed by atoms with Gasteiger partial charge in [0, 0.05) is 22.1 Å². The number of hydrogen-bond donors (Lipinski definition) is 1. The summed E-state index contributed by atoms with van der Waals surface area (Å²) < 4.78 is 6.59. The van der Waals surface area contributed by atoms with E-state index < -0.39 is 11.6 Å². The van der Waals surface area contributed by atoms with Crippen molar-refractivity contribution in [1.29, 1.82) is 0 Å². The zero-order valence-electron chi connectivity index (χ0n) is 19.7. The van der Waals surface area contributed by atoms with E-state index in [4.69, 9.17) is 27.9 Å². The Hall–Kier alpha value is -1.76. The molecule has 2 amide bonds. The molecule has 33 heavy (non-hydrogen) atoms. The van der Waals surface area contributed by atoms with Crippen LogP contribution in [0.1, 0.15) is 52.2 Å². The highest BCUT2D eigenvalue weighted by atomic mass is 79.9. The summed E-state index contributed by atoms with van der Waals surface area (Å²) in [6, 6.07) is 10.2. The van der Waals surface area contributed by atoms with Crippen LogP contribution in [0.2, 0.25) is 10.0 Å². The van der Waals surface area contributed by atoms with Crippen LogP contribution in [0.5, 0.6) is 5.75 Å². The van der Waals surface area contributed by atoms with Gasteiger partial charge in [-0.05, 0) is 84.9 Å². The fraction of sp³-hybridized carbons (Fsp3) is 0.440. The minimum absolute atomic E-state index is 0.157. The number of carbonyl (C=O) groups is 2. The van der Waals surface area contributed by atoms with Gasteiger partial charge in [0.15, 0.2) is 6.61 Å². The number of halogens is 3. The number of benzene rings is 2. The van der Waals surface area contributed by atoms with Crippen LogP contribution < -0.4 is 10.1 Å². The molecule has 2 aromatic carbocycles. The lowest BCUT2D eigenvalue weighted by molar-refractivity contribution is -0.143. The highest BCUT2D eigenvalue weighted by Crippen LogP contribution is 2.27. The van der Waals surface area contributed by atoms with Crippen molar-refractivity contribution in [3.63, 3.8) is 0 Å². The molecule has 2 aromatic rings. The Morgan fingerprint density at radius 2 is 1.82 bits per heavy atom. The second-order valence-electron chi connectivity index (χ2n) is 8.83. The first-order chi connectivity index (χ1) is 15.4. The third-order valence-electron chi connectivity index (χ3n) is 5.00. The molecule has 0 heterocycles. The molecule has 0 bridgehead atoms. The molecule has 0 spiro atoms. The molecular formula is C25H31BrCl2N2O3. The summed E-state index contributed by atoms with van der Waals surface area (Å²) in [5.74, 6) is 0.0255. The van der Waals surface area contributed by atoms with Crippen LogP contribution in [-0.4, -0.2) is 34.9 Å². The van der Waals surface area contributed by atoms with E-state index in [0.29, 0.717) is 27.8 Å². The summed E-state index contributed by atoms with van der Waals surface area (Å²) in [4.78, 5) is 27.9. The van der Waals surface area contributed by atoms with E-state index in [2.05, 4.69) is 28.2 Å². The molecule has 0 saturated carbocycles. The highest BCUT2D eigenvalue weighted by Gasteiger charge is 2.31. The second-order valence-corrected chi connectivity index (χ2v) is 10.5. The zero-order chi connectivity index (χ0) is 24.8. The first-order valence-electron chi connectivity index (χ1n) is 10.9. The Balaban J connectivity index is 2.29. The summed E-state index contributed by atoms with van der Waals surface area (Å²) >= 11 is 15.9. The third kappa shape index (κ3) is 8.20. The van der Waals surface area contributed by atoms with E-state index in [1.807, 2.05) is 45.9 Å². The number of hydrogen-bond acceptors (Lipinski definition) is 3. The predicted octanol–water partition coefficient (Wildman–Crippen LogP) is 6.42. The van der Waals surface area contributed by atoms with Crippen LogP contribution in [0.25, 0.3) is 0 Å². The van der Waals surface area contributed by atoms with Crippen molar-refractivity contribution < 1.29 is 14.3 Å². The number of nitrogens with zero attached hydrogens (tertiary/aromatic N) is 1. The SMILES string of the molecule is CCc1ccc(OCC(=O)N(Cc2ccc(Cl)cc2Cl)[C@H](CC)C(=O)NC(C)(C)C)c(Br)c1. The van der Waals surface area contributed by atoms with Gasteiger partial charge in [0.1, 0.15) is 11.8 Å². The smallest absolute Gasteiger partial charge is 0.261 e. The minimum atomic E-state index is -0.682. The van der Waals surface area contributed by atoms with Crippen molar-refractivity contribution in [3.8, 4) is 5.75 Å². The van der Waals surface area contributed by atoms with Gasteiger partial charge < -0.3 is 15.0 Å². The maximum absolute atomic E-state index is 13.3. The van der Waals surface area contributed by atoms with Gasteiger partial charge in [0.25, 0.3) is 5.91 Å². The van der Waals surface area contributed by atoms with Gasteiger partial charge in [-0.1, -0.05) is 49.2 Å². The van der Waals surface area contributed by atoms with Gasteiger partial charge in [-0.15, -0.1) is 0 Å². The molecule has 2 rings (SSSR count). The van der Waals surface area contributed by atoms with Crippen molar-refractivity contribution >= 4 is 50.9 Å². The number of carbonyl (C=O) groups excluding carboxylic acids is 2. The minimum Gasteiger partial charge on any atom is -0.483 e. The Labute approximate surface area is 214 Å². The molecular weight excluding hydrogens is 527 g/mol. The molecule has 1 N–H and O–H groups in total. The predicted molar refractivity (Wildman–Crippen MR) is 138 cm³/mol. The Bertz CT molecular complexity index is 992. The van der Waals surface area contributed by atoms with E-state index in [0.717, 1.165) is 16.5 Å². The number of amides is 2. The third-order valence-corrected chi connectivity index (χ3v) is 6.20. The van der Waals surface area contributed by atoms with Crippen LogP contribution >= 0.6 is 39.1 Å². The van der Waals surface area contributed by atoms with Crippen molar-refractivity contribution in [2.75, 3.05) is 6.61 Å². The Morgan fingerprint density at radius 3 is 2.36 bits per heavy atom. The summed E-state index contributed by atoms with van der Waals surface area (Å²) in [6.45, 7) is 9.59. The van der Waals surface area contributed by atoms with E-state index in [-0.39, 0.29) is 25.0 Å². The second kappa shape index (κ2) is 12.1. The zero-order valence-corrected chi connectivity index (χ0v) is 22.8. The lowest BCUT2D eigenvalue weighted by atomic mass is 10.1. The van der Waals surface area contributed by atoms with Crippen molar-refractivity contribution in [3.05, 3.63) is 62.0 Å². The summed E-state index contributed by atoms with van der Waals surface area (Å²) in [5, 5.41) is 3.91. The average Bonchev–Trinajstić information content (AvgIpc) is 2.72. The number of nitrogens with one attached hydrogen (secondary N) is 1. The van der Waals surface area contributed by atoms with Crippen LogP contribution in [-0.2, 0) is 22.6 Å². The molecule has 0 unspecified atom stereocenters. The first-order valence-corrected chi connectivity index (χ1v) is 12.5. The lowest BCUT2D eigenvalue weighted by Crippen LogP contribution is -2.54. The van der Waals surface area contributed by atoms with Crippen molar-refractivity contribution in [2.24, 2.45) is 0 Å². The van der Waals surface area contributed by atoms with Crippen molar-refractivity contribution in [1.82, 2.24) is 10.2 Å². The molecule has 180 valence electrons. The molecule has 0 aliphatic rings. The molecule has 8 heteroatoms. The number of rotatable bonds is 9. The molecule has 0 fully saturated rings. The number of aryl methyl sites for hydroxylation is 1. The van der Waals surface area contributed by atoms with Gasteiger partial charge in [-0.3, -0.25) is 9.59 Å². The topological polar surface area (TPSA) is 58.6 Å². The van der Waals surface area contributed by atoms with E-state index in [1.54, 1.807) is 18.2 Å². The summed E-state index contributed by atoms with van der Waals surface area (Å²) in [6.07, 6.45) is 1.34. The van der Waals surface area contributed by atoms with Crippen LogP contribution in [0, 0.1) is 0 Å². The van der Waals surface area contributed by atoms with Crippen LogP contribution in [0.4, 0.5) is 0 Å². The van der Waals surface area contributed by atoms with E-state index in [1.165, 1.54) is 4.90 Å². The summed E-state index contributed by atoms with van der Waals surface area (Å²) in [7, 11) is 0. The molecule has 0 radical (unpaired) electrons. The van der Waals surface area contributed by atoms with Crippen LogP contribution in [0.3, 0.4) is 0 Å². The maximum atomic E-state index is 13.3. The van der Waals surface area contributed by atoms with Crippen molar-refractivity contribution in [2.45, 2.75) is 65.6 Å². The fourth-order valence-corrected chi connectivity index (χ4v) is 4.32. The Kier molecular flexibility index (Phi) is 10.1. The largest absolute Gasteiger partial charge is 0.483 e. The lowest BCUT2D eigenvalue weighted by Gasteiger charge is -2.33. The molecule has 5 nitrogen and oxygen atoms in total. The summed E-state index contributed by atoms with van der Waals surface area (Å²) in [5.41, 5.74) is 1.42. The van der Waals surface area contributed by atoms with Gasteiger partial charge in [-0.25, -0.2) is 0 Å². The first kappa shape index (κ1) is 27.5. The fourth-order valence-electron chi connectivity index (χ4n) is 3.31. The average molecular weight is 558 g/mol. The van der Waals surface area contributed by atoms with Crippen LogP contribution in [0.15, 0.2) is 40.9 Å². The van der Waals surface area contributed by atoms with Gasteiger partial charge in [0.2, 0.25) is 5.91 Å².